The van der Waals surface area contributed by atoms with Gasteiger partial charge >= 0.3 is 0 Å². The average Bonchev–Trinajstić information content (AvgIpc) is 2.44. The molecule has 1 aliphatic carbocycles. The molecule has 1 saturated heterocycles. The number of nitrogens with two attached hydrogens (primary N) is 1. The van der Waals surface area contributed by atoms with E-state index in [1.54, 1.807) is 0 Å². The second kappa shape index (κ2) is 6.86. The van der Waals surface area contributed by atoms with Gasteiger partial charge in [-0.05, 0) is 25.0 Å². The van der Waals surface area contributed by atoms with Gasteiger partial charge in [-0.2, -0.15) is 0 Å². The summed E-state index contributed by atoms with van der Waals surface area (Å²) in [6.07, 6.45) is 3.10. The van der Waals surface area contributed by atoms with Gasteiger partial charge in [0.25, 0.3) is 0 Å². The van der Waals surface area contributed by atoms with Crippen LogP contribution in [-0.2, 0) is 9.84 Å². The molecule has 136 valence electrons. The van der Waals surface area contributed by atoms with E-state index in [1.165, 1.54) is 18.6 Å². The predicted octanol–water partition coefficient (Wildman–Crippen LogP) is 3.14. The number of halogens is 3. The third kappa shape index (κ3) is 3.07. The number of benzene rings is 1. The lowest BCUT2D eigenvalue weighted by atomic mass is 9.90. The van der Waals surface area contributed by atoms with E-state index < -0.39 is 25.5 Å². The zero-order chi connectivity index (χ0) is 16.8. The number of nitrogen functional groups attached to an aromatic ring is 1. The number of hydrogen-bond acceptors (Lipinski definition) is 5. The number of aromatic hydroxyl groups is 1. The zero-order valence-electron chi connectivity index (χ0n) is 13.0. The van der Waals surface area contributed by atoms with E-state index in [0.717, 1.165) is 12.8 Å². The third-order valence-electron chi connectivity index (χ3n) is 5.00. The summed E-state index contributed by atoms with van der Waals surface area (Å²) in [6.45, 7) is 0.780. The van der Waals surface area contributed by atoms with E-state index in [9.17, 15) is 13.5 Å². The summed E-state index contributed by atoms with van der Waals surface area (Å²) in [7, 11) is -4.44. The van der Waals surface area contributed by atoms with Gasteiger partial charge in [-0.1, -0.05) is 18.0 Å². The molecule has 1 aromatic rings. The van der Waals surface area contributed by atoms with Crippen LogP contribution < -0.4 is 5.73 Å². The Labute approximate surface area is 152 Å². The Bertz CT molecular complexity index is 718. The first-order valence-electron chi connectivity index (χ1n) is 7.71. The van der Waals surface area contributed by atoms with Crippen molar-refractivity contribution in [2.75, 3.05) is 18.8 Å². The maximum absolute atomic E-state index is 15.3. The molecule has 0 bridgehead atoms. The molecular weight excluding hydrogens is 378 g/mol. The summed E-state index contributed by atoms with van der Waals surface area (Å²) in [4.78, 5) is 1.55. The first-order chi connectivity index (χ1) is 10.8. The van der Waals surface area contributed by atoms with Gasteiger partial charge in [0.2, 0.25) is 14.8 Å². The van der Waals surface area contributed by atoms with Crippen molar-refractivity contribution in [3.63, 3.8) is 0 Å². The van der Waals surface area contributed by atoms with Crippen LogP contribution in [0.25, 0.3) is 0 Å². The number of hydrogen-bond donors (Lipinski definition) is 2. The van der Waals surface area contributed by atoms with Crippen LogP contribution in [0.1, 0.15) is 32.1 Å². The van der Waals surface area contributed by atoms with Gasteiger partial charge in [-0.3, -0.25) is 0 Å². The highest BCUT2D eigenvalue weighted by atomic mass is 35.5. The lowest BCUT2D eigenvalue weighted by molar-refractivity contribution is 0.0566. The van der Waals surface area contributed by atoms with E-state index >= 15 is 4.39 Å². The van der Waals surface area contributed by atoms with Crippen molar-refractivity contribution in [2.45, 2.75) is 48.0 Å². The number of alkyl halides is 1. The zero-order valence-corrected chi connectivity index (χ0v) is 15.4. The lowest BCUT2D eigenvalue weighted by Gasteiger charge is -2.43. The largest absolute Gasteiger partial charge is 0.504 e. The molecule has 2 fully saturated rings. The molecule has 24 heavy (non-hydrogen) atoms. The highest BCUT2D eigenvalue weighted by Gasteiger charge is 2.50. The SMILES string of the molecule is Cl.Nc1ccc(Cl)c(S(=O)(=O)C2(F)CCN(C3CCC3)CC2)c1O. The van der Waals surface area contributed by atoms with Crippen LogP contribution >= 0.6 is 24.0 Å². The van der Waals surface area contributed by atoms with E-state index in [4.69, 9.17) is 17.3 Å². The molecule has 3 rings (SSSR count). The molecule has 1 aromatic carbocycles. The summed E-state index contributed by atoms with van der Waals surface area (Å²) in [5.74, 6) is -0.670. The highest BCUT2D eigenvalue weighted by molar-refractivity contribution is 7.92. The molecule has 9 heteroatoms. The van der Waals surface area contributed by atoms with Crippen LogP contribution in [0.4, 0.5) is 10.1 Å². The van der Waals surface area contributed by atoms with Gasteiger partial charge in [0.05, 0.1) is 10.7 Å². The Morgan fingerprint density at radius 1 is 1.29 bits per heavy atom. The summed E-state index contributed by atoms with van der Waals surface area (Å²) in [6, 6.07) is 3.00. The van der Waals surface area contributed by atoms with Crippen molar-refractivity contribution < 1.29 is 17.9 Å². The number of anilines is 1. The summed E-state index contributed by atoms with van der Waals surface area (Å²) >= 11 is 5.91. The van der Waals surface area contributed by atoms with Crippen molar-refractivity contribution in [3.05, 3.63) is 17.2 Å². The molecule has 0 amide bonds. The minimum atomic E-state index is -4.44. The lowest BCUT2D eigenvalue weighted by Crippen LogP contribution is -2.51. The van der Waals surface area contributed by atoms with Gasteiger partial charge in [-0.15, -0.1) is 12.4 Å². The number of piperidine rings is 1. The Morgan fingerprint density at radius 2 is 1.88 bits per heavy atom. The van der Waals surface area contributed by atoms with E-state index in [0.29, 0.717) is 19.1 Å². The molecule has 3 N–H and O–H groups in total. The molecule has 0 aromatic heterocycles. The van der Waals surface area contributed by atoms with Crippen molar-refractivity contribution in [1.82, 2.24) is 4.90 Å². The normalized spacial score (nSPS) is 21.8. The minimum absolute atomic E-state index is 0. The monoisotopic (exact) mass is 398 g/mol. The number of likely N-dealkylation sites (tertiary alicyclic amines) is 1. The molecule has 0 spiro atoms. The maximum atomic E-state index is 15.3. The van der Waals surface area contributed by atoms with E-state index in [2.05, 4.69) is 4.90 Å². The molecule has 1 aliphatic heterocycles. The number of phenols is 1. The molecule has 2 aliphatic rings. The van der Waals surface area contributed by atoms with Gasteiger partial charge in [0, 0.05) is 32.0 Å². The third-order valence-corrected chi connectivity index (χ3v) is 7.75. The number of phenolic OH excluding ortho intramolecular Hbond substituents is 1. The van der Waals surface area contributed by atoms with Gasteiger partial charge < -0.3 is 15.7 Å². The first kappa shape index (κ1) is 19.6. The smallest absolute Gasteiger partial charge is 0.218 e. The maximum Gasteiger partial charge on any atom is 0.218 e. The molecule has 0 atom stereocenters. The number of nitrogens with zero attached hydrogens (tertiary/aromatic N) is 1. The molecule has 1 heterocycles. The van der Waals surface area contributed by atoms with Crippen LogP contribution in [0, 0.1) is 0 Å². The van der Waals surface area contributed by atoms with Crippen LogP contribution in [0.15, 0.2) is 17.0 Å². The quantitative estimate of drug-likeness (QED) is 0.603. The molecule has 0 unspecified atom stereocenters. The molecular formula is C15H21Cl2FN2O3S. The van der Waals surface area contributed by atoms with Gasteiger partial charge in [0.1, 0.15) is 4.90 Å². The highest BCUT2D eigenvalue weighted by Crippen LogP contribution is 2.45. The van der Waals surface area contributed by atoms with Crippen molar-refractivity contribution in [1.29, 1.82) is 0 Å². The van der Waals surface area contributed by atoms with Crippen molar-refractivity contribution in [2.24, 2.45) is 0 Å². The minimum Gasteiger partial charge on any atom is -0.504 e. The summed E-state index contributed by atoms with van der Waals surface area (Å²) in [5.41, 5.74) is 5.41. The molecule has 1 saturated carbocycles. The van der Waals surface area contributed by atoms with Crippen LogP contribution in [0.3, 0.4) is 0 Å². The first-order valence-corrected chi connectivity index (χ1v) is 9.57. The second-order valence-corrected chi connectivity index (χ2v) is 8.88. The standard InChI is InChI=1S/C15H20ClFN2O3S.ClH/c16-11-4-5-12(18)13(20)14(11)23(21,22)15(17)6-8-19(9-7-15)10-2-1-3-10;/h4-5,10,20H,1-3,6-9,18H2;1H. The number of sulfone groups is 1. The van der Waals surface area contributed by atoms with E-state index in [-0.39, 0.29) is 36.0 Å². The summed E-state index contributed by atoms with van der Waals surface area (Å²) < 4.78 is 40.8. The Balaban J connectivity index is 0.00000208. The van der Waals surface area contributed by atoms with Crippen LogP contribution in [0.5, 0.6) is 5.75 Å². The van der Waals surface area contributed by atoms with Crippen LogP contribution in [-0.4, -0.2) is 42.6 Å². The summed E-state index contributed by atoms with van der Waals surface area (Å²) in [5, 5.41) is 7.34. The Hall–Kier alpha value is -0.760. The van der Waals surface area contributed by atoms with Crippen LogP contribution in [0.2, 0.25) is 5.02 Å². The molecule has 0 radical (unpaired) electrons. The van der Waals surface area contributed by atoms with Crippen molar-refractivity contribution >= 4 is 39.5 Å². The second-order valence-electron chi connectivity index (χ2n) is 6.32. The fraction of sp³-hybridized carbons (Fsp3) is 0.600. The topological polar surface area (TPSA) is 83.6 Å². The Morgan fingerprint density at radius 3 is 2.38 bits per heavy atom. The van der Waals surface area contributed by atoms with E-state index in [1.807, 2.05) is 0 Å². The van der Waals surface area contributed by atoms with Crippen molar-refractivity contribution in [3.8, 4) is 5.75 Å². The Kier molecular flexibility index (Phi) is 5.59. The number of rotatable bonds is 3. The van der Waals surface area contributed by atoms with Gasteiger partial charge in [0.15, 0.2) is 5.75 Å². The van der Waals surface area contributed by atoms with Gasteiger partial charge in [-0.25, -0.2) is 12.8 Å². The fourth-order valence-corrected chi connectivity index (χ4v) is 5.48. The fourth-order valence-electron chi connectivity index (χ4n) is 3.24. The predicted molar refractivity (Wildman–Crippen MR) is 94.2 cm³/mol. The molecule has 5 nitrogen and oxygen atoms in total. The average molecular weight is 399 g/mol.